The van der Waals surface area contributed by atoms with Crippen LogP contribution < -0.4 is 4.90 Å². The van der Waals surface area contributed by atoms with Gasteiger partial charge in [-0.1, -0.05) is 91.0 Å². The summed E-state index contributed by atoms with van der Waals surface area (Å²) in [6.45, 7) is 0. The highest BCUT2D eigenvalue weighted by molar-refractivity contribution is 6.12. The lowest BCUT2D eigenvalue weighted by Crippen LogP contribution is -2.13. The highest BCUT2D eigenvalue weighted by Crippen LogP contribution is 2.50. The van der Waals surface area contributed by atoms with E-state index in [0.717, 1.165) is 0 Å². The molecule has 1 heteroatoms. The van der Waals surface area contributed by atoms with Gasteiger partial charge in [-0.2, -0.15) is 0 Å². The highest BCUT2D eigenvalue weighted by Gasteiger charge is 2.24. The molecule has 1 aliphatic heterocycles. The normalized spacial score (nSPS) is 12.1. The van der Waals surface area contributed by atoms with Gasteiger partial charge in [0.1, 0.15) is 0 Å². The van der Waals surface area contributed by atoms with Crippen LogP contribution in [0.3, 0.4) is 0 Å². The molecule has 1 heterocycles. The summed E-state index contributed by atoms with van der Waals surface area (Å²) >= 11 is 0. The Morgan fingerprint density at radius 2 is 0.862 bits per heavy atom. The van der Waals surface area contributed by atoms with Gasteiger partial charge in [0.05, 0.1) is 11.4 Å². The fourth-order valence-electron chi connectivity index (χ4n) is 4.57. The summed E-state index contributed by atoms with van der Waals surface area (Å²) in [5, 5.41) is 2.60. The standard InChI is InChI=1S/C28H19N/c1-2-12-21(13-3-1)29-26-18-6-4-14-22(26)24-16-8-10-20-11-9-17-25(28(20)24)23-15-5-7-19-27(23)29/h1-19H. The first-order chi connectivity index (χ1) is 14.4. The molecule has 29 heavy (non-hydrogen) atoms. The van der Waals surface area contributed by atoms with Crippen molar-refractivity contribution < 1.29 is 0 Å². The second-order valence-corrected chi connectivity index (χ2v) is 7.41. The smallest absolute Gasteiger partial charge is 0.0540 e. The van der Waals surface area contributed by atoms with Crippen LogP contribution in [0.25, 0.3) is 33.0 Å². The number of hydrogen-bond acceptors (Lipinski definition) is 1. The van der Waals surface area contributed by atoms with Gasteiger partial charge in [0.25, 0.3) is 0 Å². The fourth-order valence-corrected chi connectivity index (χ4v) is 4.57. The Balaban J connectivity index is 1.83. The third-order valence-corrected chi connectivity index (χ3v) is 5.79. The maximum atomic E-state index is 2.39. The van der Waals surface area contributed by atoms with Crippen LogP contribution in [0.15, 0.2) is 115 Å². The minimum Gasteiger partial charge on any atom is -0.309 e. The maximum absolute atomic E-state index is 2.39. The summed E-state index contributed by atoms with van der Waals surface area (Å²) in [6, 6.07) is 41.4. The Hall–Kier alpha value is -3.84. The van der Waals surface area contributed by atoms with Crippen molar-refractivity contribution in [2.45, 2.75) is 0 Å². The predicted octanol–water partition coefficient (Wildman–Crippen LogP) is 7.96. The fraction of sp³-hybridized carbons (Fsp3) is 0. The van der Waals surface area contributed by atoms with E-state index in [9.17, 15) is 0 Å². The molecule has 0 amide bonds. The van der Waals surface area contributed by atoms with Gasteiger partial charge in [0.15, 0.2) is 0 Å². The lowest BCUT2D eigenvalue weighted by molar-refractivity contribution is 1.28. The van der Waals surface area contributed by atoms with E-state index in [-0.39, 0.29) is 0 Å². The second-order valence-electron chi connectivity index (χ2n) is 7.41. The van der Waals surface area contributed by atoms with E-state index >= 15 is 0 Å². The number of nitrogens with zero attached hydrogens (tertiary/aromatic N) is 1. The Labute approximate surface area is 170 Å². The molecule has 1 nitrogen and oxygen atoms in total. The topological polar surface area (TPSA) is 3.24 Å². The van der Waals surface area contributed by atoms with Crippen LogP contribution in [0, 0.1) is 0 Å². The third-order valence-electron chi connectivity index (χ3n) is 5.79. The molecule has 6 rings (SSSR count). The summed E-state index contributed by atoms with van der Waals surface area (Å²) in [6.07, 6.45) is 0. The predicted molar refractivity (Wildman–Crippen MR) is 123 cm³/mol. The van der Waals surface area contributed by atoms with E-state index in [0.29, 0.717) is 0 Å². The quantitative estimate of drug-likeness (QED) is 0.284. The molecule has 0 radical (unpaired) electrons. The van der Waals surface area contributed by atoms with Gasteiger partial charge in [0, 0.05) is 16.8 Å². The SMILES string of the molecule is c1ccc(N2c3ccccc3-c3cccc4cccc(c34)-c3ccccc32)cc1. The summed E-state index contributed by atoms with van der Waals surface area (Å²) < 4.78 is 0. The van der Waals surface area contributed by atoms with Gasteiger partial charge >= 0.3 is 0 Å². The Kier molecular flexibility index (Phi) is 3.54. The van der Waals surface area contributed by atoms with Gasteiger partial charge in [-0.15, -0.1) is 0 Å². The van der Waals surface area contributed by atoms with Gasteiger partial charge in [0.2, 0.25) is 0 Å². The molecule has 0 aromatic heterocycles. The molecule has 5 aromatic rings. The van der Waals surface area contributed by atoms with Crippen molar-refractivity contribution in [1.82, 2.24) is 0 Å². The number of para-hydroxylation sites is 3. The molecule has 1 aliphatic rings. The minimum absolute atomic E-state index is 1.17. The van der Waals surface area contributed by atoms with Crippen molar-refractivity contribution in [1.29, 1.82) is 0 Å². The van der Waals surface area contributed by atoms with E-state index in [1.807, 2.05) is 0 Å². The molecule has 136 valence electrons. The van der Waals surface area contributed by atoms with Gasteiger partial charge in [-0.3, -0.25) is 0 Å². The Morgan fingerprint density at radius 1 is 0.379 bits per heavy atom. The minimum atomic E-state index is 1.17. The summed E-state index contributed by atoms with van der Waals surface area (Å²) in [4.78, 5) is 2.39. The van der Waals surface area contributed by atoms with Gasteiger partial charge < -0.3 is 4.90 Å². The lowest BCUT2D eigenvalue weighted by atomic mass is 9.88. The van der Waals surface area contributed by atoms with Crippen LogP contribution in [0.5, 0.6) is 0 Å². The van der Waals surface area contributed by atoms with E-state index in [1.54, 1.807) is 0 Å². The van der Waals surface area contributed by atoms with Crippen LogP contribution in [0.1, 0.15) is 0 Å². The largest absolute Gasteiger partial charge is 0.309 e. The van der Waals surface area contributed by atoms with Crippen LogP contribution in [0.2, 0.25) is 0 Å². The molecule has 0 atom stereocenters. The summed E-state index contributed by atoms with van der Waals surface area (Å²) in [5.74, 6) is 0. The van der Waals surface area contributed by atoms with Crippen molar-refractivity contribution in [3.63, 3.8) is 0 Å². The van der Waals surface area contributed by atoms with E-state index in [2.05, 4.69) is 120 Å². The summed E-state index contributed by atoms with van der Waals surface area (Å²) in [5.41, 5.74) is 8.64. The molecule has 0 saturated heterocycles. The van der Waals surface area contributed by atoms with Crippen molar-refractivity contribution in [2.24, 2.45) is 0 Å². The third kappa shape index (κ3) is 2.41. The van der Waals surface area contributed by atoms with E-state index in [4.69, 9.17) is 0 Å². The van der Waals surface area contributed by atoms with Crippen LogP contribution in [-0.2, 0) is 0 Å². The van der Waals surface area contributed by atoms with Crippen molar-refractivity contribution in [2.75, 3.05) is 4.90 Å². The van der Waals surface area contributed by atoms with Crippen LogP contribution in [0.4, 0.5) is 17.1 Å². The highest BCUT2D eigenvalue weighted by atomic mass is 15.1. The molecule has 0 unspecified atom stereocenters. The zero-order chi connectivity index (χ0) is 19.2. The van der Waals surface area contributed by atoms with Crippen LogP contribution >= 0.6 is 0 Å². The zero-order valence-electron chi connectivity index (χ0n) is 15.9. The van der Waals surface area contributed by atoms with Crippen LogP contribution in [-0.4, -0.2) is 0 Å². The summed E-state index contributed by atoms with van der Waals surface area (Å²) in [7, 11) is 0. The Morgan fingerprint density at radius 3 is 1.45 bits per heavy atom. The number of hydrogen-bond donors (Lipinski definition) is 0. The average Bonchev–Trinajstić information content (AvgIpc) is 2.79. The molecule has 0 fully saturated rings. The van der Waals surface area contributed by atoms with E-state index < -0.39 is 0 Å². The molecule has 0 spiro atoms. The Bertz CT molecular complexity index is 1270. The molecule has 0 bridgehead atoms. The first-order valence-electron chi connectivity index (χ1n) is 9.97. The number of benzene rings is 5. The molecular formula is C28H19N. The molecule has 0 saturated carbocycles. The molecule has 0 N–H and O–H groups in total. The molecule has 5 aromatic carbocycles. The maximum Gasteiger partial charge on any atom is 0.0540 e. The zero-order valence-corrected chi connectivity index (χ0v) is 15.9. The first-order valence-corrected chi connectivity index (χ1v) is 9.97. The number of rotatable bonds is 1. The average molecular weight is 369 g/mol. The van der Waals surface area contributed by atoms with Crippen molar-refractivity contribution >= 4 is 27.8 Å². The number of anilines is 3. The van der Waals surface area contributed by atoms with Crippen molar-refractivity contribution in [3.05, 3.63) is 115 Å². The second kappa shape index (κ2) is 6.35. The molecule has 0 aliphatic carbocycles. The van der Waals surface area contributed by atoms with E-state index in [1.165, 1.54) is 50.1 Å². The monoisotopic (exact) mass is 369 g/mol. The number of fused-ring (bicyclic) bond motifs is 4. The van der Waals surface area contributed by atoms with Gasteiger partial charge in [-0.25, -0.2) is 0 Å². The molecular weight excluding hydrogens is 350 g/mol. The van der Waals surface area contributed by atoms with Crippen molar-refractivity contribution in [3.8, 4) is 22.3 Å². The lowest BCUT2D eigenvalue weighted by Gasteiger charge is -2.32. The first kappa shape index (κ1) is 16.1. The van der Waals surface area contributed by atoms with Gasteiger partial charge in [-0.05, 0) is 46.2 Å².